The summed E-state index contributed by atoms with van der Waals surface area (Å²) in [6.45, 7) is 5.31. The summed E-state index contributed by atoms with van der Waals surface area (Å²) >= 11 is 0. The molecule has 0 bridgehead atoms. The molecule has 1 aromatic rings. The smallest absolute Gasteiger partial charge is 0.259 e. The zero-order valence-corrected chi connectivity index (χ0v) is 12.9. The predicted octanol–water partition coefficient (Wildman–Crippen LogP) is 0.761. The van der Waals surface area contributed by atoms with Crippen molar-refractivity contribution >= 4 is 5.91 Å². The van der Waals surface area contributed by atoms with E-state index >= 15 is 0 Å². The molecule has 3 rings (SSSR count). The van der Waals surface area contributed by atoms with Crippen molar-refractivity contribution in [3.63, 3.8) is 0 Å². The van der Waals surface area contributed by atoms with Gasteiger partial charge in [0.15, 0.2) is 0 Å². The van der Waals surface area contributed by atoms with E-state index < -0.39 is 6.10 Å². The van der Waals surface area contributed by atoms with Crippen LogP contribution >= 0.6 is 0 Å². The van der Waals surface area contributed by atoms with Gasteiger partial charge in [0.05, 0.1) is 18.8 Å². The number of amides is 1. The molecule has 3 heterocycles. The Hall–Kier alpha value is -1.66. The summed E-state index contributed by atoms with van der Waals surface area (Å²) in [7, 11) is 0. The molecule has 0 aromatic carbocycles. The Morgan fingerprint density at radius 2 is 2.18 bits per heavy atom. The van der Waals surface area contributed by atoms with Crippen LogP contribution in [-0.4, -0.2) is 70.7 Å². The Morgan fingerprint density at radius 1 is 1.41 bits per heavy atom. The molecule has 2 aliphatic rings. The fourth-order valence-corrected chi connectivity index (χ4v) is 3.34. The Morgan fingerprint density at radius 3 is 2.91 bits per heavy atom. The molecule has 6 heteroatoms. The van der Waals surface area contributed by atoms with E-state index in [1.54, 1.807) is 23.2 Å². The molecular weight excluding hydrogens is 282 g/mol. The standard InChI is InChI=1S/C16H23N3O3/c1-2-22-15-12(6-5-7-17-15)16(21)19-10-13(14(20)11-19)18-8-3-4-9-18/h5-7,13-14,20H,2-4,8-11H2,1H3/t13-,14-/m1/s1. The van der Waals surface area contributed by atoms with Gasteiger partial charge in [-0.25, -0.2) is 4.98 Å². The van der Waals surface area contributed by atoms with Gasteiger partial charge in [-0.15, -0.1) is 0 Å². The largest absolute Gasteiger partial charge is 0.477 e. The molecular formula is C16H23N3O3. The average Bonchev–Trinajstić information content (AvgIpc) is 3.16. The van der Waals surface area contributed by atoms with Crippen LogP contribution in [0.5, 0.6) is 5.88 Å². The predicted molar refractivity (Wildman–Crippen MR) is 81.9 cm³/mol. The van der Waals surface area contributed by atoms with E-state index in [4.69, 9.17) is 4.74 Å². The highest BCUT2D eigenvalue weighted by atomic mass is 16.5. The van der Waals surface area contributed by atoms with Crippen molar-refractivity contribution in [1.82, 2.24) is 14.8 Å². The van der Waals surface area contributed by atoms with Gasteiger partial charge in [-0.05, 0) is 45.0 Å². The number of carbonyl (C=O) groups excluding carboxylic acids is 1. The summed E-state index contributed by atoms with van der Waals surface area (Å²) in [6, 6.07) is 3.52. The lowest BCUT2D eigenvalue weighted by Gasteiger charge is -2.25. The number of likely N-dealkylation sites (tertiary alicyclic amines) is 2. The fraction of sp³-hybridized carbons (Fsp3) is 0.625. The van der Waals surface area contributed by atoms with E-state index in [2.05, 4.69) is 9.88 Å². The first kappa shape index (κ1) is 15.2. The molecule has 22 heavy (non-hydrogen) atoms. The van der Waals surface area contributed by atoms with E-state index in [-0.39, 0.29) is 11.9 Å². The van der Waals surface area contributed by atoms with Crippen LogP contribution in [0.4, 0.5) is 0 Å². The topological polar surface area (TPSA) is 65.9 Å². The first-order chi connectivity index (χ1) is 10.7. The third-order valence-corrected chi connectivity index (χ3v) is 4.44. The van der Waals surface area contributed by atoms with Crippen molar-refractivity contribution < 1.29 is 14.6 Å². The van der Waals surface area contributed by atoms with Crippen LogP contribution in [-0.2, 0) is 0 Å². The highest BCUT2D eigenvalue weighted by Crippen LogP contribution is 2.24. The maximum atomic E-state index is 12.7. The Labute approximate surface area is 130 Å². The van der Waals surface area contributed by atoms with Crippen LogP contribution in [0.3, 0.4) is 0 Å². The van der Waals surface area contributed by atoms with Crippen molar-refractivity contribution in [2.45, 2.75) is 31.9 Å². The van der Waals surface area contributed by atoms with Crippen LogP contribution in [0, 0.1) is 0 Å². The average molecular weight is 305 g/mol. The van der Waals surface area contributed by atoms with Crippen molar-refractivity contribution in [3.05, 3.63) is 23.9 Å². The third kappa shape index (κ3) is 2.94. The second kappa shape index (κ2) is 6.62. The minimum atomic E-state index is -0.478. The number of aliphatic hydroxyl groups is 1. The summed E-state index contributed by atoms with van der Waals surface area (Å²) in [5, 5.41) is 10.3. The molecule has 2 saturated heterocycles. The molecule has 2 atom stereocenters. The van der Waals surface area contributed by atoms with Crippen LogP contribution in [0.25, 0.3) is 0 Å². The maximum Gasteiger partial charge on any atom is 0.259 e. The van der Waals surface area contributed by atoms with E-state index in [1.807, 2.05) is 6.92 Å². The van der Waals surface area contributed by atoms with E-state index in [1.165, 1.54) is 12.8 Å². The molecule has 2 fully saturated rings. The van der Waals surface area contributed by atoms with Gasteiger partial charge in [0.1, 0.15) is 5.56 Å². The normalized spacial score (nSPS) is 25.6. The molecule has 1 aromatic heterocycles. The molecule has 0 saturated carbocycles. The van der Waals surface area contributed by atoms with Gasteiger partial charge in [-0.1, -0.05) is 0 Å². The number of β-amino-alcohol motifs (C(OH)–C–C–N with tert-alkyl or cyclic N) is 1. The van der Waals surface area contributed by atoms with Gasteiger partial charge in [0, 0.05) is 19.3 Å². The Balaban J connectivity index is 1.73. The second-order valence-electron chi connectivity index (χ2n) is 5.88. The van der Waals surface area contributed by atoms with Gasteiger partial charge in [0.25, 0.3) is 5.91 Å². The number of aliphatic hydroxyl groups excluding tert-OH is 1. The fourth-order valence-electron chi connectivity index (χ4n) is 3.34. The van der Waals surface area contributed by atoms with Crippen LogP contribution in [0.2, 0.25) is 0 Å². The number of aromatic nitrogens is 1. The van der Waals surface area contributed by atoms with E-state index in [0.29, 0.717) is 31.1 Å². The summed E-state index contributed by atoms with van der Waals surface area (Å²) in [5.41, 5.74) is 0.471. The summed E-state index contributed by atoms with van der Waals surface area (Å²) in [6.07, 6.45) is 3.49. The molecule has 1 amide bonds. The van der Waals surface area contributed by atoms with Crippen LogP contribution in [0.15, 0.2) is 18.3 Å². The first-order valence-electron chi connectivity index (χ1n) is 8.00. The lowest BCUT2D eigenvalue weighted by Crippen LogP contribution is -2.41. The maximum absolute atomic E-state index is 12.7. The molecule has 0 aliphatic carbocycles. The zero-order valence-electron chi connectivity index (χ0n) is 12.9. The van der Waals surface area contributed by atoms with Crippen molar-refractivity contribution in [2.24, 2.45) is 0 Å². The highest BCUT2D eigenvalue weighted by Gasteiger charge is 2.39. The Kier molecular flexibility index (Phi) is 4.59. The number of carbonyl (C=O) groups is 1. The minimum Gasteiger partial charge on any atom is -0.477 e. The number of hydrogen-bond acceptors (Lipinski definition) is 5. The quantitative estimate of drug-likeness (QED) is 0.890. The number of ether oxygens (including phenoxy) is 1. The second-order valence-corrected chi connectivity index (χ2v) is 5.88. The SMILES string of the molecule is CCOc1ncccc1C(=O)N1C[C@@H](O)[C@H](N2CCCC2)C1. The van der Waals surface area contributed by atoms with Crippen molar-refractivity contribution in [3.8, 4) is 5.88 Å². The van der Waals surface area contributed by atoms with Crippen LogP contribution < -0.4 is 4.74 Å². The van der Waals surface area contributed by atoms with Gasteiger partial charge >= 0.3 is 0 Å². The molecule has 6 nitrogen and oxygen atoms in total. The van der Waals surface area contributed by atoms with Crippen molar-refractivity contribution in [2.75, 3.05) is 32.8 Å². The summed E-state index contributed by atoms with van der Waals surface area (Å²) < 4.78 is 5.44. The number of nitrogens with zero attached hydrogens (tertiary/aromatic N) is 3. The van der Waals surface area contributed by atoms with Gasteiger partial charge in [-0.2, -0.15) is 0 Å². The molecule has 0 unspecified atom stereocenters. The van der Waals surface area contributed by atoms with Crippen LogP contribution in [0.1, 0.15) is 30.1 Å². The van der Waals surface area contributed by atoms with E-state index in [0.717, 1.165) is 13.1 Å². The highest BCUT2D eigenvalue weighted by molar-refractivity contribution is 5.96. The van der Waals surface area contributed by atoms with Crippen molar-refractivity contribution in [1.29, 1.82) is 0 Å². The van der Waals surface area contributed by atoms with Gasteiger partial charge in [0.2, 0.25) is 5.88 Å². The zero-order chi connectivity index (χ0) is 15.5. The minimum absolute atomic E-state index is 0.0543. The molecule has 1 N–H and O–H groups in total. The summed E-state index contributed by atoms with van der Waals surface area (Å²) in [5.74, 6) is 0.256. The van der Waals surface area contributed by atoms with Gasteiger partial charge < -0.3 is 14.7 Å². The number of rotatable bonds is 4. The number of hydrogen-bond donors (Lipinski definition) is 1. The first-order valence-corrected chi connectivity index (χ1v) is 8.00. The van der Waals surface area contributed by atoms with E-state index in [9.17, 15) is 9.90 Å². The lowest BCUT2D eigenvalue weighted by atomic mass is 10.2. The molecule has 0 radical (unpaired) electrons. The lowest BCUT2D eigenvalue weighted by molar-refractivity contribution is 0.0758. The Bertz CT molecular complexity index is 531. The third-order valence-electron chi connectivity index (χ3n) is 4.44. The van der Waals surface area contributed by atoms with Gasteiger partial charge in [-0.3, -0.25) is 9.69 Å². The number of pyridine rings is 1. The molecule has 120 valence electrons. The molecule has 2 aliphatic heterocycles. The monoisotopic (exact) mass is 305 g/mol. The summed E-state index contributed by atoms with van der Waals surface area (Å²) in [4.78, 5) is 20.9. The molecule has 0 spiro atoms.